The summed E-state index contributed by atoms with van der Waals surface area (Å²) < 4.78 is 4.46. The van der Waals surface area contributed by atoms with Gasteiger partial charge in [-0.3, -0.25) is 10.1 Å². The first kappa shape index (κ1) is 11.2. The molecule has 1 rings (SSSR count). The van der Waals surface area contributed by atoms with E-state index >= 15 is 0 Å². The van der Waals surface area contributed by atoms with Crippen LogP contribution in [0.3, 0.4) is 0 Å². The maximum Gasteiger partial charge on any atom is 0.411 e. The minimum absolute atomic E-state index is 0.0882. The Labute approximate surface area is 88.2 Å². The second-order valence-electron chi connectivity index (χ2n) is 3.20. The number of methoxy groups -OCH3 is 1. The second-order valence-corrected chi connectivity index (χ2v) is 3.20. The lowest BCUT2D eigenvalue weighted by atomic mass is 10.1. The lowest BCUT2D eigenvalue weighted by Gasteiger charge is -2.05. The molecule has 1 aromatic rings. The summed E-state index contributed by atoms with van der Waals surface area (Å²) >= 11 is 0. The van der Waals surface area contributed by atoms with Crippen LogP contribution < -0.4 is 5.32 Å². The first-order valence-corrected chi connectivity index (χ1v) is 4.55. The monoisotopic (exact) mass is 207 g/mol. The van der Waals surface area contributed by atoms with E-state index in [9.17, 15) is 9.59 Å². The molecule has 4 nitrogen and oxygen atoms in total. The Morgan fingerprint density at radius 3 is 2.73 bits per heavy atom. The zero-order chi connectivity index (χ0) is 11.3. The summed E-state index contributed by atoms with van der Waals surface area (Å²) in [5.74, 6) is 0.0882. The Balaban J connectivity index is 2.74. The first-order valence-electron chi connectivity index (χ1n) is 4.55. The molecular formula is C11H13NO3. The number of hydrogen-bond acceptors (Lipinski definition) is 3. The maximum absolute atomic E-state index is 10.9. The largest absolute Gasteiger partial charge is 0.453 e. The molecule has 0 aliphatic rings. The van der Waals surface area contributed by atoms with Crippen LogP contribution >= 0.6 is 0 Å². The molecule has 0 heterocycles. The van der Waals surface area contributed by atoms with Crippen LogP contribution in [0.5, 0.6) is 0 Å². The van der Waals surface area contributed by atoms with Crippen LogP contribution in [0.1, 0.15) is 12.5 Å². The summed E-state index contributed by atoms with van der Waals surface area (Å²) in [6.07, 6.45) is -0.147. The standard InChI is InChI=1S/C11H13NO3/c1-8(13)6-9-4-3-5-10(7-9)12-11(14)15-2/h3-5,7H,6H2,1-2H3,(H,12,14). The van der Waals surface area contributed by atoms with Crippen molar-refractivity contribution in [3.05, 3.63) is 29.8 Å². The van der Waals surface area contributed by atoms with Crippen LogP contribution in [-0.4, -0.2) is 19.0 Å². The fourth-order valence-corrected chi connectivity index (χ4v) is 1.22. The Morgan fingerprint density at radius 1 is 1.40 bits per heavy atom. The third-order valence-corrected chi connectivity index (χ3v) is 1.81. The highest BCUT2D eigenvalue weighted by atomic mass is 16.5. The molecule has 1 N–H and O–H groups in total. The van der Waals surface area contributed by atoms with Crippen LogP contribution in [0.4, 0.5) is 10.5 Å². The number of hydrogen-bond donors (Lipinski definition) is 1. The number of carbonyl (C=O) groups excluding carboxylic acids is 2. The molecule has 0 fully saturated rings. The van der Waals surface area contributed by atoms with Crippen molar-refractivity contribution in [2.75, 3.05) is 12.4 Å². The molecule has 0 saturated carbocycles. The average molecular weight is 207 g/mol. The van der Waals surface area contributed by atoms with Gasteiger partial charge in [0.15, 0.2) is 0 Å². The smallest absolute Gasteiger partial charge is 0.411 e. The van der Waals surface area contributed by atoms with Crippen LogP contribution in [0, 0.1) is 0 Å². The summed E-state index contributed by atoms with van der Waals surface area (Å²) in [5, 5.41) is 2.53. The third kappa shape index (κ3) is 3.81. The van der Waals surface area contributed by atoms with Gasteiger partial charge in [0.25, 0.3) is 0 Å². The third-order valence-electron chi connectivity index (χ3n) is 1.81. The van der Waals surface area contributed by atoms with E-state index < -0.39 is 6.09 Å². The highest BCUT2D eigenvalue weighted by molar-refractivity contribution is 5.85. The molecule has 0 aromatic heterocycles. The molecule has 0 aliphatic heterocycles. The predicted octanol–water partition coefficient (Wildman–Crippen LogP) is 2.00. The summed E-state index contributed by atoms with van der Waals surface area (Å²) in [5.41, 5.74) is 1.50. The van der Waals surface area contributed by atoms with Crippen molar-refractivity contribution >= 4 is 17.6 Å². The van der Waals surface area contributed by atoms with Crippen molar-refractivity contribution in [1.29, 1.82) is 0 Å². The number of nitrogens with one attached hydrogen (secondary N) is 1. The van der Waals surface area contributed by atoms with E-state index in [1.54, 1.807) is 18.2 Å². The molecule has 1 amide bonds. The molecular weight excluding hydrogens is 194 g/mol. The molecule has 0 radical (unpaired) electrons. The second kappa shape index (κ2) is 5.14. The topological polar surface area (TPSA) is 55.4 Å². The normalized spacial score (nSPS) is 9.47. The number of rotatable bonds is 3. The molecule has 0 unspecified atom stereocenters. The molecule has 80 valence electrons. The summed E-state index contributed by atoms with van der Waals surface area (Å²) in [7, 11) is 1.30. The van der Waals surface area contributed by atoms with E-state index in [-0.39, 0.29) is 5.78 Å². The van der Waals surface area contributed by atoms with E-state index in [1.807, 2.05) is 6.07 Å². The van der Waals surface area contributed by atoms with Gasteiger partial charge < -0.3 is 4.74 Å². The van der Waals surface area contributed by atoms with Gasteiger partial charge in [0.2, 0.25) is 0 Å². The van der Waals surface area contributed by atoms with E-state index in [4.69, 9.17) is 0 Å². The summed E-state index contributed by atoms with van der Waals surface area (Å²) in [4.78, 5) is 21.8. The van der Waals surface area contributed by atoms with Gasteiger partial charge in [-0.1, -0.05) is 12.1 Å². The van der Waals surface area contributed by atoms with Crippen molar-refractivity contribution in [2.45, 2.75) is 13.3 Å². The quantitative estimate of drug-likeness (QED) is 0.824. The number of Topliss-reactive ketones (excluding diaryl/α,β-unsaturated/α-hetero) is 1. The lowest BCUT2D eigenvalue weighted by molar-refractivity contribution is -0.116. The summed E-state index contributed by atoms with van der Waals surface area (Å²) in [6, 6.07) is 7.10. The predicted molar refractivity (Wildman–Crippen MR) is 56.9 cm³/mol. The van der Waals surface area contributed by atoms with Gasteiger partial charge in [0, 0.05) is 12.1 Å². The van der Waals surface area contributed by atoms with E-state index in [2.05, 4.69) is 10.1 Å². The van der Waals surface area contributed by atoms with Crippen molar-refractivity contribution in [3.8, 4) is 0 Å². The molecule has 15 heavy (non-hydrogen) atoms. The van der Waals surface area contributed by atoms with E-state index in [0.29, 0.717) is 12.1 Å². The van der Waals surface area contributed by atoms with Crippen LogP contribution in [0.25, 0.3) is 0 Å². The zero-order valence-electron chi connectivity index (χ0n) is 8.74. The van der Waals surface area contributed by atoms with Crippen molar-refractivity contribution < 1.29 is 14.3 Å². The Hall–Kier alpha value is -1.84. The lowest BCUT2D eigenvalue weighted by Crippen LogP contribution is -2.11. The van der Waals surface area contributed by atoms with Crippen molar-refractivity contribution in [2.24, 2.45) is 0 Å². The molecule has 1 aromatic carbocycles. The number of benzene rings is 1. The van der Waals surface area contributed by atoms with Crippen LogP contribution in [-0.2, 0) is 16.0 Å². The van der Waals surface area contributed by atoms with Gasteiger partial charge in [0.1, 0.15) is 5.78 Å². The van der Waals surface area contributed by atoms with Crippen LogP contribution in [0.2, 0.25) is 0 Å². The molecule has 0 saturated heterocycles. The van der Waals surface area contributed by atoms with Crippen LogP contribution in [0.15, 0.2) is 24.3 Å². The number of amides is 1. The van der Waals surface area contributed by atoms with Gasteiger partial charge in [-0.05, 0) is 24.6 Å². The zero-order valence-corrected chi connectivity index (χ0v) is 8.74. The Kier molecular flexibility index (Phi) is 3.85. The fraction of sp³-hybridized carbons (Fsp3) is 0.273. The van der Waals surface area contributed by atoms with Crippen molar-refractivity contribution in [1.82, 2.24) is 0 Å². The van der Waals surface area contributed by atoms with E-state index in [1.165, 1.54) is 14.0 Å². The highest BCUT2D eigenvalue weighted by Gasteiger charge is 2.02. The number of ether oxygens (including phenoxy) is 1. The van der Waals surface area contributed by atoms with Gasteiger partial charge in [0.05, 0.1) is 7.11 Å². The Morgan fingerprint density at radius 2 is 2.13 bits per heavy atom. The first-order chi connectivity index (χ1) is 7.11. The molecule has 0 aliphatic carbocycles. The minimum atomic E-state index is -0.519. The Bertz CT molecular complexity index is 374. The minimum Gasteiger partial charge on any atom is -0.453 e. The number of ketones is 1. The average Bonchev–Trinajstić information content (AvgIpc) is 2.17. The summed E-state index contributed by atoms with van der Waals surface area (Å²) in [6.45, 7) is 1.53. The number of carbonyl (C=O) groups is 2. The van der Waals surface area contributed by atoms with E-state index in [0.717, 1.165) is 5.56 Å². The fourth-order valence-electron chi connectivity index (χ4n) is 1.22. The molecule has 0 bridgehead atoms. The number of anilines is 1. The maximum atomic E-state index is 10.9. The highest BCUT2D eigenvalue weighted by Crippen LogP contribution is 2.11. The molecule has 4 heteroatoms. The molecule has 0 spiro atoms. The molecule has 0 atom stereocenters. The SMILES string of the molecule is COC(=O)Nc1cccc(CC(C)=O)c1. The van der Waals surface area contributed by atoms with Gasteiger partial charge in [-0.25, -0.2) is 4.79 Å². The van der Waals surface area contributed by atoms with Crippen molar-refractivity contribution in [3.63, 3.8) is 0 Å². The van der Waals surface area contributed by atoms with Gasteiger partial charge in [-0.15, -0.1) is 0 Å². The van der Waals surface area contributed by atoms with Gasteiger partial charge in [-0.2, -0.15) is 0 Å². The van der Waals surface area contributed by atoms with Gasteiger partial charge >= 0.3 is 6.09 Å².